The average Bonchev–Trinajstić information content (AvgIpc) is 2.38. The highest BCUT2D eigenvalue weighted by molar-refractivity contribution is 7.89. The van der Waals surface area contributed by atoms with Gasteiger partial charge in [-0.2, -0.15) is 0 Å². The Morgan fingerprint density at radius 1 is 1.22 bits per heavy atom. The zero-order valence-electron chi connectivity index (χ0n) is 10.8. The van der Waals surface area contributed by atoms with Crippen LogP contribution in [0.5, 0.6) is 0 Å². The molecule has 0 bridgehead atoms. The third-order valence-electron chi connectivity index (χ3n) is 2.51. The zero-order valence-corrected chi connectivity index (χ0v) is 11.6. The first-order valence-corrected chi connectivity index (χ1v) is 7.35. The first-order chi connectivity index (χ1) is 8.61. The maximum atomic E-state index is 12.1. The SMILES string of the molecule is CNc1ccccc1S(=O)(=O)NCCCCOC. The van der Waals surface area contributed by atoms with E-state index < -0.39 is 10.0 Å². The van der Waals surface area contributed by atoms with E-state index in [1.54, 1.807) is 38.4 Å². The number of benzene rings is 1. The molecule has 0 fully saturated rings. The fourth-order valence-electron chi connectivity index (χ4n) is 1.56. The summed E-state index contributed by atoms with van der Waals surface area (Å²) in [4.78, 5) is 0.277. The molecule has 5 nitrogen and oxygen atoms in total. The largest absolute Gasteiger partial charge is 0.387 e. The summed E-state index contributed by atoms with van der Waals surface area (Å²) >= 11 is 0. The molecular formula is C12H20N2O3S. The van der Waals surface area contributed by atoms with Crippen molar-refractivity contribution in [1.82, 2.24) is 4.72 Å². The van der Waals surface area contributed by atoms with E-state index in [9.17, 15) is 8.42 Å². The van der Waals surface area contributed by atoms with Crippen molar-refractivity contribution in [2.75, 3.05) is 32.6 Å². The molecule has 1 rings (SSSR count). The molecule has 0 atom stereocenters. The molecule has 0 unspecified atom stereocenters. The molecule has 6 heteroatoms. The Labute approximate surface area is 109 Å². The molecule has 102 valence electrons. The third kappa shape index (κ3) is 4.29. The van der Waals surface area contributed by atoms with Crippen LogP contribution in [0.4, 0.5) is 5.69 Å². The second-order valence-corrected chi connectivity index (χ2v) is 5.58. The van der Waals surface area contributed by atoms with E-state index in [2.05, 4.69) is 10.0 Å². The van der Waals surface area contributed by atoms with Crippen LogP contribution in [0.2, 0.25) is 0 Å². The number of rotatable bonds is 8. The number of nitrogens with one attached hydrogen (secondary N) is 2. The lowest BCUT2D eigenvalue weighted by Crippen LogP contribution is -2.25. The molecule has 0 aliphatic rings. The Balaban J connectivity index is 2.63. The number of unbranched alkanes of at least 4 members (excludes halogenated alkanes) is 1. The van der Waals surface area contributed by atoms with Crippen molar-refractivity contribution in [3.63, 3.8) is 0 Å². The van der Waals surface area contributed by atoms with Gasteiger partial charge in [0.05, 0.1) is 5.69 Å². The van der Waals surface area contributed by atoms with Gasteiger partial charge in [-0.25, -0.2) is 13.1 Å². The van der Waals surface area contributed by atoms with Crippen molar-refractivity contribution >= 4 is 15.7 Å². The van der Waals surface area contributed by atoms with Crippen molar-refractivity contribution in [1.29, 1.82) is 0 Å². The molecule has 0 saturated carbocycles. The van der Waals surface area contributed by atoms with E-state index in [1.165, 1.54) is 0 Å². The van der Waals surface area contributed by atoms with Gasteiger partial charge in [-0.1, -0.05) is 12.1 Å². The monoisotopic (exact) mass is 272 g/mol. The lowest BCUT2D eigenvalue weighted by molar-refractivity contribution is 0.193. The molecule has 0 amide bonds. The summed E-state index contributed by atoms with van der Waals surface area (Å²) in [6.07, 6.45) is 1.60. The molecule has 1 aromatic carbocycles. The summed E-state index contributed by atoms with van der Waals surface area (Å²) in [5.41, 5.74) is 0.599. The lowest BCUT2D eigenvalue weighted by atomic mass is 10.3. The van der Waals surface area contributed by atoms with Crippen LogP contribution in [0.15, 0.2) is 29.2 Å². The van der Waals surface area contributed by atoms with Gasteiger partial charge in [0.25, 0.3) is 0 Å². The number of sulfonamides is 1. The number of hydrogen-bond acceptors (Lipinski definition) is 4. The zero-order chi connectivity index (χ0) is 13.4. The van der Waals surface area contributed by atoms with Crippen molar-refractivity contribution in [2.24, 2.45) is 0 Å². The maximum absolute atomic E-state index is 12.1. The van der Waals surface area contributed by atoms with Gasteiger partial charge < -0.3 is 10.1 Å². The summed E-state index contributed by atoms with van der Waals surface area (Å²) in [6, 6.07) is 6.83. The van der Waals surface area contributed by atoms with Crippen LogP contribution in [0.3, 0.4) is 0 Å². The summed E-state index contributed by atoms with van der Waals surface area (Å²) in [5, 5.41) is 2.87. The van der Waals surface area contributed by atoms with Gasteiger partial charge in [-0.3, -0.25) is 0 Å². The number of methoxy groups -OCH3 is 1. The minimum atomic E-state index is -3.44. The molecule has 0 aromatic heterocycles. The topological polar surface area (TPSA) is 67.4 Å². The van der Waals surface area contributed by atoms with Gasteiger partial charge in [0.1, 0.15) is 4.90 Å². The Bertz CT molecular complexity index is 460. The Hall–Kier alpha value is -1.11. The second-order valence-electron chi connectivity index (χ2n) is 3.84. The predicted molar refractivity (Wildman–Crippen MR) is 72.3 cm³/mol. The molecule has 0 radical (unpaired) electrons. The quantitative estimate of drug-likeness (QED) is 0.703. The van der Waals surface area contributed by atoms with Crippen LogP contribution in [-0.4, -0.2) is 35.7 Å². The van der Waals surface area contributed by atoms with E-state index in [0.717, 1.165) is 12.8 Å². The average molecular weight is 272 g/mol. The second kappa shape index (κ2) is 7.35. The van der Waals surface area contributed by atoms with E-state index in [4.69, 9.17) is 4.74 Å². The van der Waals surface area contributed by atoms with E-state index in [0.29, 0.717) is 18.8 Å². The fraction of sp³-hybridized carbons (Fsp3) is 0.500. The van der Waals surface area contributed by atoms with Crippen LogP contribution in [0.1, 0.15) is 12.8 Å². The van der Waals surface area contributed by atoms with Crippen LogP contribution >= 0.6 is 0 Å². The Kier molecular flexibility index (Phi) is 6.11. The lowest BCUT2D eigenvalue weighted by Gasteiger charge is -2.10. The molecule has 0 aliphatic heterocycles. The van der Waals surface area contributed by atoms with Gasteiger partial charge >= 0.3 is 0 Å². The molecule has 0 aliphatic carbocycles. The molecule has 0 saturated heterocycles. The highest BCUT2D eigenvalue weighted by Crippen LogP contribution is 2.19. The van der Waals surface area contributed by atoms with Crippen LogP contribution < -0.4 is 10.0 Å². The fourth-order valence-corrected chi connectivity index (χ4v) is 2.85. The maximum Gasteiger partial charge on any atom is 0.242 e. The van der Waals surface area contributed by atoms with Crippen molar-refractivity contribution in [3.05, 3.63) is 24.3 Å². The molecule has 0 spiro atoms. The number of ether oxygens (including phenoxy) is 1. The van der Waals surface area contributed by atoms with Gasteiger partial charge in [-0.15, -0.1) is 0 Å². The first-order valence-electron chi connectivity index (χ1n) is 5.87. The van der Waals surface area contributed by atoms with Crippen molar-refractivity contribution in [3.8, 4) is 0 Å². The standard InChI is InChI=1S/C12H20N2O3S/c1-13-11-7-3-4-8-12(11)18(15,16)14-9-5-6-10-17-2/h3-4,7-8,13-14H,5-6,9-10H2,1-2H3. The third-order valence-corrected chi connectivity index (χ3v) is 4.03. The molecular weight excluding hydrogens is 252 g/mol. The van der Waals surface area contributed by atoms with Gasteiger partial charge in [0.15, 0.2) is 0 Å². The molecule has 1 aromatic rings. The highest BCUT2D eigenvalue weighted by atomic mass is 32.2. The van der Waals surface area contributed by atoms with Gasteiger partial charge in [-0.05, 0) is 25.0 Å². The smallest absolute Gasteiger partial charge is 0.242 e. The summed E-state index contributed by atoms with van der Waals surface area (Å²) in [6.45, 7) is 1.07. The minimum absolute atomic E-state index is 0.277. The normalized spacial score (nSPS) is 11.4. The minimum Gasteiger partial charge on any atom is -0.387 e. The van der Waals surface area contributed by atoms with Gasteiger partial charge in [0.2, 0.25) is 10.0 Å². The van der Waals surface area contributed by atoms with E-state index in [-0.39, 0.29) is 4.90 Å². The van der Waals surface area contributed by atoms with Crippen molar-refractivity contribution in [2.45, 2.75) is 17.7 Å². The highest BCUT2D eigenvalue weighted by Gasteiger charge is 2.16. The number of hydrogen-bond donors (Lipinski definition) is 2. The van der Waals surface area contributed by atoms with Crippen LogP contribution in [0.25, 0.3) is 0 Å². The summed E-state index contributed by atoms with van der Waals surface area (Å²) in [5.74, 6) is 0. The Morgan fingerprint density at radius 2 is 1.94 bits per heavy atom. The number of anilines is 1. The van der Waals surface area contributed by atoms with Crippen molar-refractivity contribution < 1.29 is 13.2 Å². The van der Waals surface area contributed by atoms with Crippen LogP contribution in [-0.2, 0) is 14.8 Å². The molecule has 18 heavy (non-hydrogen) atoms. The molecule has 2 N–H and O–H groups in total. The van der Waals surface area contributed by atoms with E-state index in [1.807, 2.05) is 0 Å². The predicted octanol–water partition coefficient (Wildman–Crippen LogP) is 1.43. The Morgan fingerprint density at radius 3 is 2.61 bits per heavy atom. The van der Waals surface area contributed by atoms with E-state index >= 15 is 0 Å². The van der Waals surface area contributed by atoms with Gasteiger partial charge in [0, 0.05) is 27.3 Å². The first kappa shape index (κ1) is 14.9. The molecule has 0 heterocycles. The number of para-hydroxylation sites is 1. The summed E-state index contributed by atoms with van der Waals surface area (Å²) < 4.78 is 31.6. The summed E-state index contributed by atoms with van der Waals surface area (Å²) in [7, 11) is -0.110. The van der Waals surface area contributed by atoms with Crippen LogP contribution in [0, 0.1) is 0 Å².